The average molecular weight is 439 g/mol. The highest BCUT2D eigenvalue weighted by Gasteiger charge is 2.19. The number of hydrogen-bond donors (Lipinski definition) is 2. The lowest BCUT2D eigenvalue weighted by molar-refractivity contribution is -0.115. The number of aryl methyl sites for hydroxylation is 1. The molecule has 0 bridgehead atoms. The second-order valence-electron chi connectivity index (χ2n) is 6.78. The molecule has 0 fully saturated rings. The maximum atomic E-state index is 12.7. The van der Waals surface area contributed by atoms with Crippen LogP contribution in [-0.2, 0) is 4.79 Å². The van der Waals surface area contributed by atoms with Crippen LogP contribution in [0.4, 0.5) is 11.4 Å². The molecular formula is C24H23ClN2O2S. The molecule has 154 valence electrons. The van der Waals surface area contributed by atoms with Crippen LogP contribution in [0.3, 0.4) is 0 Å². The van der Waals surface area contributed by atoms with Gasteiger partial charge in [0, 0.05) is 16.1 Å². The summed E-state index contributed by atoms with van der Waals surface area (Å²) in [7, 11) is 0. The van der Waals surface area contributed by atoms with Crippen molar-refractivity contribution in [2.45, 2.75) is 30.4 Å². The van der Waals surface area contributed by atoms with Gasteiger partial charge >= 0.3 is 0 Å². The van der Waals surface area contributed by atoms with E-state index < -0.39 is 0 Å². The highest BCUT2D eigenvalue weighted by Crippen LogP contribution is 2.30. The lowest BCUT2D eigenvalue weighted by atomic mass is 10.1. The number of rotatable bonds is 7. The molecule has 3 aromatic rings. The van der Waals surface area contributed by atoms with Gasteiger partial charge in [-0.05, 0) is 55.3 Å². The minimum Gasteiger partial charge on any atom is -0.324 e. The van der Waals surface area contributed by atoms with Gasteiger partial charge in [0.15, 0.2) is 0 Å². The van der Waals surface area contributed by atoms with Gasteiger partial charge in [-0.2, -0.15) is 0 Å². The van der Waals surface area contributed by atoms with Crippen LogP contribution < -0.4 is 10.6 Å². The Bertz CT molecular complexity index is 1050. The Morgan fingerprint density at radius 3 is 2.43 bits per heavy atom. The molecule has 4 nitrogen and oxygen atoms in total. The molecule has 0 heterocycles. The Labute approximate surface area is 186 Å². The van der Waals surface area contributed by atoms with Crippen LogP contribution in [0.5, 0.6) is 0 Å². The first-order valence-corrected chi connectivity index (χ1v) is 10.9. The van der Waals surface area contributed by atoms with E-state index >= 15 is 0 Å². The average Bonchev–Trinajstić information content (AvgIpc) is 2.74. The van der Waals surface area contributed by atoms with Crippen molar-refractivity contribution in [1.29, 1.82) is 0 Å². The molecular weight excluding hydrogens is 416 g/mol. The number of nitrogens with one attached hydrogen (secondary N) is 2. The van der Waals surface area contributed by atoms with E-state index in [1.54, 1.807) is 18.2 Å². The fraction of sp³-hybridized carbons (Fsp3) is 0.167. The summed E-state index contributed by atoms with van der Waals surface area (Å²) in [5.41, 5.74) is 2.85. The Kier molecular flexibility index (Phi) is 7.55. The van der Waals surface area contributed by atoms with E-state index in [1.165, 1.54) is 11.8 Å². The van der Waals surface area contributed by atoms with Gasteiger partial charge in [-0.1, -0.05) is 54.9 Å². The molecule has 1 unspecified atom stereocenters. The van der Waals surface area contributed by atoms with Crippen molar-refractivity contribution in [2.75, 3.05) is 10.6 Å². The molecule has 0 aliphatic rings. The maximum Gasteiger partial charge on any atom is 0.255 e. The van der Waals surface area contributed by atoms with Crippen molar-refractivity contribution < 1.29 is 9.59 Å². The number of carbonyl (C=O) groups excluding carboxylic acids is 2. The second kappa shape index (κ2) is 10.3. The molecule has 1 atom stereocenters. The molecule has 2 amide bonds. The van der Waals surface area contributed by atoms with E-state index in [9.17, 15) is 9.59 Å². The summed E-state index contributed by atoms with van der Waals surface area (Å²) in [6.07, 6.45) is 0.654. The number of halogens is 1. The number of amides is 2. The van der Waals surface area contributed by atoms with Crippen molar-refractivity contribution >= 4 is 46.6 Å². The van der Waals surface area contributed by atoms with Crippen LogP contribution >= 0.6 is 23.4 Å². The van der Waals surface area contributed by atoms with Crippen molar-refractivity contribution in [3.8, 4) is 0 Å². The number of thioether (sulfide) groups is 1. The molecule has 0 saturated heterocycles. The molecule has 0 aliphatic carbocycles. The van der Waals surface area contributed by atoms with Crippen LogP contribution in [0.1, 0.15) is 29.3 Å². The van der Waals surface area contributed by atoms with Gasteiger partial charge in [0.1, 0.15) is 0 Å². The largest absolute Gasteiger partial charge is 0.324 e. The molecule has 30 heavy (non-hydrogen) atoms. The van der Waals surface area contributed by atoms with Crippen molar-refractivity contribution in [2.24, 2.45) is 0 Å². The summed E-state index contributed by atoms with van der Waals surface area (Å²) in [6, 6.07) is 22.1. The lowest BCUT2D eigenvalue weighted by Gasteiger charge is -2.16. The van der Waals surface area contributed by atoms with Crippen molar-refractivity contribution in [3.63, 3.8) is 0 Å². The Hall–Kier alpha value is -2.76. The quantitative estimate of drug-likeness (QED) is 0.419. The van der Waals surface area contributed by atoms with Crippen LogP contribution in [0.25, 0.3) is 0 Å². The van der Waals surface area contributed by atoms with E-state index in [0.29, 0.717) is 28.4 Å². The first-order chi connectivity index (χ1) is 14.5. The number of benzene rings is 3. The van der Waals surface area contributed by atoms with Gasteiger partial charge < -0.3 is 10.6 Å². The molecule has 0 aromatic heterocycles. The Balaban J connectivity index is 1.68. The topological polar surface area (TPSA) is 58.2 Å². The van der Waals surface area contributed by atoms with E-state index in [4.69, 9.17) is 11.6 Å². The zero-order valence-corrected chi connectivity index (χ0v) is 18.4. The van der Waals surface area contributed by atoms with Crippen molar-refractivity contribution in [1.82, 2.24) is 0 Å². The SMILES string of the molecule is CCC(Sc1cccc(NC(=O)c2ccccc2C)c1)C(=O)Nc1ccccc1Cl. The van der Waals surface area contributed by atoms with Crippen LogP contribution in [0.15, 0.2) is 77.7 Å². The molecule has 3 rings (SSSR count). The molecule has 0 spiro atoms. The Morgan fingerprint density at radius 2 is 1.70 bits per heavy atom. The van der Waals surface area contributed by atoms with E-state index in [1.807, 2.05) is 68.4 Å². The summed E-state index contributed by atoms with van der Waals surface area (Å²) >= 11 is 7.60. The summed E-state index contributed by atoms with van der Waals surface area (Å²) < 4.78 is 0. The van der Waals surface area contributed by atoms with Gasteiger partial charge in [-0.3, -0.25) is 9.59 Å². The normalized spacial score (nSPS) is 11.6. The van der Waals surface area contributed by atoms with Crippen LogP contribution in [0, 0.1) is 6.92 Å². The molecule has 2 N–H and O–H groups in total. The third-order valence-corrected chi connectivity index (χ3v) is 6.24. The van der Waals surface area contributed by atoms with E-state index in [-0.39, 0.29) is 17.1 Å². The highest BCUT2D eigenvalue weighted by atomic mass is 35.5. The lowest BCUT2D eigenvalue weighted by Crippen LogP contribution is -2.24. The van der Waals surface area contributed by atoms with Gasteiger partial charge in [0.25, 0.3) is 5.91 Å². The molecule has 0 radical (unpaired) electrons. The summed E-state index contributed by atoms with van der Waals surface area (Å²) in [6.45, 7) is 3.87. The number of anilines is 2. The zero-order valence-electron chi connectivity index (χ0n) is 16.8. The predicted molar refractivity (Wildman–Crippen MR) is 126 cm³/mol. The standard InChI is InChI=1S/C24H23ClN2O2S/c1-3-22(24(29)27-21-14-7-6-13-20(21)25)30-18-11-8-10-17(15-18)26-23(28)19-12-5-4-9-16(19)2/h4-15,22H,3H2,1-2H3,(H,26,28)(H,27,29). The maximum absolute atomic E-state index is 12.7. The monoisotopic (exact) mass is 438 g/mol. The minimum absolute atomic E-state index is 0.107. The molecule has 3 aromatic carbocycles. The predicted octanol–water partition coefficient (Wildman–Crippen LogP) is 6.41. The number of hydrogen-bond acceptors (Lipinski definition) is 3. The van der Waals surface area contributed by atoms with Crippen LogP contribution in [-0.4, -0.2) is 17.1 Å². The highest BCUT2D eigenvalue weighted by molar-refractivity contribution is 8.00. The fourth-order valence-corrected chi connectivity index (χ4v) is 4.13. The van der Waals surface area contributed by atoms with Crippen molar-refractivity contribution in [3.05, 3.63) is 88.9 Å². The van der Waals surface area contributed by atoms with Gasteiger partial charge in [0.05, 0.1) is 16.0 Å². The van der Waals surface area contributed by atoms with E-state index in [2.05, 4.69) is 10.6 Å². The summed E-state index contributed by atoms with van der Waals surface area (Å²) in [5, 5.41) is 6.05. The van der Waals surface area contributed by atoms with Gasteiger partial charge in [-0.25, -0.2) is 0 Å². The first kappa shape index (κ1) is 21.9. The van der Waals surface area contributed by atoms with E-state index in [0.717, 1.165) is 10.5 Å². The second-order valence-corrected chi connectivity index (χ2v) is 8.46. The smallest absolute Gasteiger partial charge is 0.255 e. The van der Waals surface area contributed by atoms with Gasteiger partial charge in [-0.15, -0.1) is 11.8 Å². The summed E-state index contributed by atoms with van der Waals surface area (Å²) in [4.78, 5) is 26.2. The molecule has 6 heteroatoms. The molecule has 0 saturated carbocycles. The summed E-state index contributed by atoms with van der Waals surface area (Å²) in [5.74, 6) is -0.260. The van der Waals surface area contributed by atoms with Crippen LogP contribution in [0.2, 0.25) is 5.02 Å². The van der Waals surface area contributed by atoms with Gasteiger partial charge in [0.2, 0.25) is 5.91 Å². The first-order valence-electron chi connectivity index (χ1n) is 9.67. The zero-order chi connectivity index (χ0) is 21.5. The Morgan fingerprint density at radius 1 is 0.967 bits per heavy atom. The number of carbonyl (C=O) groups is 2. The third kappa shape index (κ3) is 5.65. The number of para-hydroxylation sites is 1. The molecule has 0 aliphatic heterocycles. The third-order valence-electron chi connectivity index (χ3n) is 4.55. The fourth-order valence-electron chi connectivity index (χ4n) is 2.94. The minimum atomic E-state index is -0.288.